The second kappa shape index (κ2) is 6.38. The van der Waals surface area contributed by atoms with E-state index in [1.54, 1.807) is 0 Å². The standard InChI is InChI=1S/C18H20O2/c1-4-17(18(19)15-8-6-5-7-9-15)20-16-11-10-13(2)14(3)12-16/h5-12,17H,4H2,1-3H3. The molecule has 0 spiro atoms. The average molecular weight is 268 g/mol. The van der Waals surface area contributed by atoms with Gasteiger partial charge in [0.15, 0.2) is 6.10 Å². The molecule has 0 aromatic heterocycles. The molecule has 0 aliphatic carbocycles. The van der Waals surface area contributed by atoms with E-state index in [0.29, 0.717) is 12.0 Å². The Morgan fingerprint density at radius 2 is 1.75 bits per heavy atom. The number of aryl methyl sites for hydroxylation is 2. The summed E-state index contributed by atoms with van der Waals surface area (Å²) >= 11 is 0. The lowest BCUT2D eigenvalue weighted by Crippen LogP contribution is -2.26. The molecule has 20 heavy (non-hydrogen) atoms. The highest BCUT2D eigenvalue weighted by atomic mass is 16.5. The van der Waals surface area contributed by atoms with E-state index in [2.05, 4.69) is 6.92 Å². The maximum Gasteiger partial charge on any atom is 0.203 e. The number of hydrogen-bond acceptors (Lipinski definition) is 2. The lowest BCUT2D eigenvalue weighted by molar-refractivity contribution is 0.0786. The van der Waals surface area contributed by atoms with Gasteiger partial charge in [-0.3, -0.25) is 4.79 Å². The molecule has 0 heterocycles. The predicted octanol–water partition coefficient (Wildman–Crippen LogP) is 4.34. The third-order valence-corrected chi connectivity index (χ3v) is 3.48. The first-order chi connectivity index (χ1) is 9.61. The number of carbonyl (C=O) groups excluding carboxylic acids is 1. The van der Waals surface area contributed by atoms with Crippen molar-refractivity contribution < 1.29 is 9.53 Å². The smallest absolute Gasteiger partial charge is 0.203 e. The van der Waals surface area contributed by atoms with Gasteiger partial charge in [-0.05, 0) is 43.5 Å². The van der Waals surface area contributed by atoms with Crippen molar-refractivity contribution in [2.45, 2.75) is 33.3 Å². The molecule has 0 saturated carbocycles. The summed E-state index contributed by atoms with van der Waals surface area (Å²) in [5.74, 6) is 0.788. The molecule has 2 aromatic carbocycles. The molecule has 2 aromatic rings. The zero-order chi connectivity index (χ0) is 14.5. The second-order valence-electron chi connectivity index (χ2n) is 4.99. The summed E-state index contributed by atoms with van der Waals surface area (Å²) < 4.78 is 5.87. The van der Waals surface area contributed by atoms with Gasteiger partial charge in [-0.15, -0.1) is 0 Å². The van der Waals surface area contributed by atoms with Crippen LogP contribution in [0.4, 0.5) is 0 Å². The van der Waals surface area contributed by atoms with Gasteiger partial charge in [-0.2, -0.15) is 0 Å². The molecular formula is C18H20O2. The molecule has 0 amide bonds. The molecule has 1 atom stereocenters. The van der Waals surface area contributed by atoms with Crippen molar-refractivity contribution in [3.05, 3.63) is 65.2 Å². The molecule has 2 nitrogen and oxygen atoms in total. The summed E-state index contributed by atoms with van der Waals surface area (Å²) in [6, 6.07) is 15.2. The van der Waals surface area contributed by atoms with Crippen molar-refractivity contribution >= 4 is 5.78 Å². The van der Waals surface area contributed by atoms with Crippen LogP contribution in [0, 0.1) is 13.8 Å². The minimum Gasteiger partial charge on any atom is -0.482 e. The maximum atomic E-state index is 12.4. The topological polar surface area (TPSA) is 26.3 Å². The molecule has 2 rings (SSSR count). The number of hydrogen-bond donors (Lipinski definition) is 0. The second-order valence-corrected chi connectivity index (χ2v) is 4.99. The maximum absolute atomic E-state index is 12.4. The van der Waals surface area contributed by atoms with Crippen LogP contribution in [0.2, 0.25) is 0 Å². The Kier molecular flexibility index (Phi) is 4.57. The number of benzene rings is 2. The fourth-order valence-electron chi connectivity index (χ4n) is 2.06. The van der Waals surface area contributed by atoms with E-state index in [1.165, 1.54) is 11.1 Å². The molecule has 0 aliphatic rings. The number of ether oxygens (including phenoxy) is 1. The van der Waals surface area contributed by atoms with Crippen molar-refractivity contribution in [2.24, 2.45) is 0 Å². The van der Waals surface area contributed by atoms with E-state index in [-0.39, 0.29) is 5.78 Å². The fourth-order valence-corrected chi connectivity index (χ4v) is 2.06. The largest absolute Gasteiger partial charge is 0.482 e. The molecule has 2 heteroatoms. The van der Waals surface area contributed by atoms with E-state index in [9.17, 15) is 4.79 Å². The van der Waals surface area contributed by atoms with Gasteiger partial charge in [0.1, 0.15) is 5.75 Å². The monoisotopic (exact) mass is 268 g/mol. The zero-order valence-corrected chi connectivity index (χ0v) is 12.2. The van der Waals surface area contributed by atoms with Crippen LogP contribution in [0.1, 0.15) is 34.8 Å². The van der Waals surface area contributed by atoms with Crippen molar-refractivity contribution in [1.29, 1.82) is 0 Å². The van der Waals surface area contributed by atoms with Gasteiger partial charge in [0, 0.05) is 5.56 Å². The molecule has 0 aliphatic heterocycles. The Hall–Kier alpha value is -2.09. The molecule has 0 saturated heterocycles. The Balaban J connectivity index is 2.16. The molecule has 1 unspecified atom stereocenters. The van der Waals surface area contributed by atoms with E-state index in [0.717, 1.165) is 5.75 Å². The van der Waals surface area contributed by atoms with Gasteiger partial charge in [0.2, 0.25) is 5.78 Å². The third kappa shape index (κ3) is 3.27. The van der Waals surface area contributed by atoms with Crippen molar-refractivity contribution in [3.8, 4) is 5.75 Å². The first-order valence-electron chi connectivity index (χ1n) is 6.95. The third-order valence-electron chi connectivity index (χ3n) is 3.48. The lowest BCUT2D eigenvalue weighted by atomic mass is 10.0. The van der Waals surface area contributed by atoms with Gasteiger partial charge in [-0.25, -0.2) is 0 Å². The Morgan fingerprint density at radius 1 is 1.05 bits per heavy atom. The summed E-state index contributed by atoms with van der Waals surface area (Å²) in [4.78, 5) is 12.4. The number of ketones is 1. The van der Waals surface area contributed by atoms with Crippen LogP contribution >= 0.6 is 0 Å². The van der Waals surface area contributed by atoms with Crippen molar-refractivity contribution in [1.82, 2.24) is 0 Å². The molecular weight excluding hydrogens is 248 g/mol. The van der Waals surface area contributed by atoms with E-state index in [1.807, 2.05) is 62.4 Å². The summed E-state index contributed by atoms with van der Waals surface area (Å²) in [6.07, 6.45) is 0.222. The first-order valence-corrected chi connectivity index (χ1v) is 6.95. The molecule has 104 valence electrons. The predicted molar refractivity (Wildman–Crippen MR) is 81.4 cm³/mol. The number of rotatable bonds is 5. The number of Topliss-reactive ketones (excluding diaryl/α,β-unsaturated/α-hetero) is 1. The van der Waals surface area contributed by atoms with Crippen molar-refractivity contribution in [2.75, 3.05) is 0 Å². The fraction of sp³-hybridized carbons (Fsp3) is 0.278. The van der Waals surface area contributed by atoms with E-state index in [4.69, 9.17) is 4.74 Å². The minimum absolute atomic E-state index is 0.0336. The highest BCUT2D eigenvalue weighted by molar-refractivity contribution is 5.99. The Morgan fingerprint density at radius 3 is 2.35 bits per heavy atom. The average Bonchev–Trinajstić information content (AvgIpc) is 2.48. The summed E-state index contributed by atoms with van der Waals surface area (Å²) in [5.41, 5.74) is 3.09. The highest BCUT2D eigenvalue weighted by Gasteiger charge is 2.19. The summed E-state index contributed by atoms with van der Waals surface area (Å²) in [7, 11) is 0. The SMILES string of the molecule is CCC(Oc1ccc(C)c(C)c1)C(=O)c1ccccc1. The van der Waals surface area contributed by atoms with Crippen LogP contribution in [0.5, 0.6) is 5.75 Å². The first kappa shape index (κ1) is 14.3. The quantitative estimate of drug-likeness (QED) is 0.754. The molecule has 0 N–H and O–H groups in total. The summed E-state index contributed by atoms with van der Waals surface area (Å²) in [6.45, 7) is 6.07. The van der Waals surface area contributed by atoms with Crippen LogP contribution in [0.15, 0.2) is 48.5 Å². The van der Waals surface area contributed by atoms with Crippen LogP contribution in [0.25, 0.3) is 0 Å². The highest BCUT2D eigenvalue weighted by Crippen LogP contribution is 2.20. The zero-order valence-electron chi connectivity index (χ0n) is 12.2. The molecule has 0 radical (unpaired) electrons. The van der Waals surface area contributed by atoms with Crippen LogP contribution < -0.4 is 4.74 Å². The normalized spacial score (nSPS) is 11.9. The summed E-state index contributed by atoms with van der Waals surface area (Å²) in [5, 5.41) is 0. The lowest BCUT2D eigenvalue weighted by Gasteiger charge is -2.17. The van der Waals surface area contributed by atoms with Crippen LogP contribution in [-0.4, -0.2) is 11.9 Å². The van der Waals surface area contributed by atoms with E-state index >= 15 is 0 Å². The minimum atomic E-state index is -0.431. The Labute approximate surface area is 120 Å². The van der Waals surface area contributed by atoms with Crippen LogP contribution in [0.3, 0.4) is 0 Å². The van der Waals surface area contributed by atoms with E-state index < -0.39 is 6.10 Å². The van der Waals surface area contributed by atoms with Gasteiger partial charge in [-0.1, -0.05) is 43.3 Å². The van der Waals surface area contributed by atoms with Gasteiger partial charge >= 0.3 is 0 Å². The number of carbonyl (C=O) groups is 1. The molecule has 0 bridgehead atoms. The van der Waals surface area contributed by atoms with Gasteiger partial charge in [0.25, 0.3) is 0 Å². The van der Waals surface area contributed by atoms with Crippen molar-refractivity contribution in [3.63, 3.8) is 0 Å². The van der Waals surface area contributed by atoms with Gasteiger partial charge in [0.05, 0.1) is 0 Å². The van der Waals surface area contributed by atoms with Gasteiger partial charge < -0.3 is 4.74 Å². The Bertz CT molecular complexity index is 588. The molecule has 0 fully saturated rings. The van der Waals surface area contributed by atoms with Crippen LogP contribution in [-0.2, 0) is 0 Å².